The van der Waals surface area contributed by atoms with Crippen molar-refractivity contribution in [1.29, 1.82) is 0 Å². The van der Waals surface area contributed by atoms with Gasteiger partial charge in [0.1, 0.15) is 19.3 Å². The summed E-state index contributed by atoms with van der Waals surface area (Å²) < 4.78 is 68.2. The lowest BCUT2D eigenvalue weighted by atomic mass is 9.99. The monoisotopic (exact) mass is 1300 g/mol. The predicted molar refractivity (Wildman–Crippen MR) is 354 cm³/mol. The number of phosphoric acid groups is 2. The van der Waals surface area contributed by atoms with Crippen molar-refractivity contribution in [3.8, 4) is 0 Å². The zero-order valence-electron chi connectivity index (χ0n) is 57.0. The van der Waals surface area contributed by atoms with Crippen LogP contribution in [0.3, 0.4) is 0 Å². The number of rotatable bonds is 68. The Morgan fingerprint density at radius 3 is 0.864 bits per heavy atom. The summed E-state index contributed by atoms with van der Waals surface area (Å²) in [5.41, 5.74) is 0. The first-order valence-corrected chi connectivity index (χ1v) is 39.0. The highest BCUT2D eigenvalue weighted by Crippen LogP contribution is 2.45. The lowest BCUT2D eigenvalue weighted by Crippen LogP contribution is -2.30. The van der Waals surface area contributed by atoms with Gasteiger partial charge in [-0.2, -0.15) is 0 Å². The molecule has 3 N–H and O–H groups in total. The second-order valence-corrected chi connectivity index (χ2v) is 28.5. The molecule has 522 valence electrons. The second kappa shape index (κ2) is 61.3. The molecule has 0 spiro atoms. The summed E-state index contributed by atoms with van der Waals surface area (Å²) in [5.74, 6) is -0.581. The molecule has 0 aromatic rings. The SMILES string of the molecule is CCCCCCCCCCCCCCCC(=O)OC[C@H](COP(=O)(O)OC[C@@H](O)COP(=O)(O)OC[C@@H](COC(=O)CCCCCCCCCC)OC(=O)CCCCCCCCCCC(C)CC)OC(=O)CCCCCCCCCCCCCCC(C)C. The van der Waals surface area contributed by atoms with Crippen molar-refractivity contribution in [1.82, 2.24) is 0 Å². The topological polar surface area (TPSA) is 237 Å². The number of aliphatic hydroxyl groups excluding tert-OH is 1. The number of hydrogen-bond acceptors (Lipinski definition) is 15. The summed E-state index contributed by atoms with van der Waals surface area (Å²) in [6, 6.07) is 0. The smallest absolute Gasteiger partial charge is 0.462 e. The van der Waals surface area contributed by atoms with E-state index in [-0.39, 0.29) is 25.7 Å². The van der Waals surface area contributed by atoms with Crippen LogP contribution in [0, 0.1) is 11.8 Å². The minimum Gasteiger partial charge on any atom is -0.462 e. The molecule has 0 radical (unpaired) electrons. The van der Waals surface area contributed by atoms with E-state index in [1.165, 1.54) is 161 Å². The van der Waals surface area contributed by atoms with Gasteiger partial charge in [0.25, 0.3) is 0 Å². The maximum absolute atomic E-state index is 13.0. The van der Waals surface area contributed by atoms with E-state index in [9.17, 15) is 43.2 Å². The Balaban J connectivity index is 5.24. The summed E-state index contributed by atoms with van der Waals surface area (Å²) in [7, 11) is -9.90. The first kappa shape index (κ1) is 86.1. The highest BCUT2D eigenvalue weighted by molar-refractivity contribution is 7.47. The van der Waals surface area contributed by atoms with Crippen molar-refractivity contribution in [2.24, 2.45) is 11.8 Å². The molecule has 0 saturated heterocycles. The molecule has 88 heavy (non-hydrogen) atoms. The molecule has 0 aliphatic heterocycles. The van der Waals surface area contributed by atoms with E-state index in [2.05, 4.69) is 41.5 Å². The summed E-state index contributed by atoms with van der Waals surface area (Å²) in [6.07, 6.45) is 45.7. The number of ether oxygens (including phenoxy) is 4. The van der Waals surface area contributed by atoms with Gasteiger partial charge in [0.2, 0.25) is 0 Å². The number of hydrogen-bond donors (Lipinski definition) is 3. The first-order valence-electron chi connectivity index (χ1n) is 36.0. The third kappa shape index (κ3) is 61.6. The van der Waals surface area contributed by atoms with E-state index in [1.54, 1.807) is 0 Å². The molecule has 0 bridgehead atoms. The highest BCUT2D eigenvalue weighted by atomic mass is 31.2. The van der Waals surface area contributed by atoms with Crippen LogP contribution in [0.15, 0.2) is 0 Å². The van der Waals surface area contributed by atoms with Crippen molar-refractivity contribution in [2.75, 3.05) is 39.6 Å². The van der Waals surface area contributed by atoms with E-state index in [0.29, 0.717) is 25.7 Å². The predicted octanol–water partition coefficient (Wildman–Crippen LogP) is 19.6. The molecule has 19 heteroatoms. The molecule has 0 fully saturated rings. The zero-order chi connectivity index (χ0) is 65.0. The van der Waals surface area contributed by atoms with Crippen LogP contribution in [-0.4, -0.2) is 96.7 Å². The van der Waals surface area contributed by atoms with Crippen molar-refractivity contribution >= 4 is 39.5 Å². The first-order chi connectivity index (χ1) is 42.4. The summed E-state index contributed by atoms with van der Waals surface area (Å²) >= 11 is 0. The number of phosphoric ester groups is 2. The molecule has 0 saturated carbocycles. The molecule has 0 rings (SSSR count). The number of esters is 4. The van der Waals surface area contributed by atoms with Crippen molar-refractivity contribution in [2.45, 2.75) is 368 Å². The van der Waals surface area contributed by atoms with Crippen LogP contribution in [0.25, 0.3) is 0 Å². The van der Waals surface area contributed by atoms with Gasteiger partial charge < -0.3 is 33.8 Å². The summed E-state index contributed by atoms with van der Waals surface area (Å²) in [4.78, 5) is 72.4. The third-order valence-corrected chi connectivity index (χ3v) is 18.2. The fraction of sp³-hybridized carbons (Fsp3) is 0.942. The minimum atomic E-state index is -4.95. The molecular weight excluding hydrogens is 1160 g/mol. The number of unbranched alkanes of at least 4 members (excludes halogenated alkanes) is 37. The molecule has 0 aromatic carbocycles. The largest absolute Gasteiger partial charge is 0.472 e. The molecule has 17 nitrogen and oxygen atoms in total. The van der Waals surface area contributed by atoms with Crippen molar-refractivity contribution in [3.05, 3.63) is 0 Å². The van der Waals surface area contributed by atoms with Gasteiger partial charge in [-0.25, -0.2) is 9.13 Å². The van der Waals surface area contributed by atoms with E-state index in [1.807, 2.05) is 0 Å². The molecule has 0 aromatic heterocycles. The Labute approximate surface area is 537 Å². The van der Waals surface area contributed by atoms with Gasteiger partial charge in [-0.1, -0.05) is 298 Å². The zero-order valence-corrected chi connectivity index (χ0v) is 58.8. The molecule has 0 aliphatic rings. The Kier molecular flexibility index (Phi) is 59.9. The average Bonchev–Trinajstić information content (AvgIpc) is 3.64. The normalized spacial score (nSPS) is 14.5. The van der Waals surface area contributed by atoms with Crippen LogP contribution in [0.4, 0.5) is 0 Å². The number of carbonyl (C=O) groups excluding carboxylic acids is 4. The van der Waals surface area contributed by atoms with Crippen LogP contribution in [-0.2, 0) is 65.4 Å². The van der Waals surface area contributed by atoms with Gasteiger partial charge in [-0.3, -0.25) is 37.3 Å². The van der Waals surface area contributed by atoms with Gasteiger partial charge in [-0.15, -0.1) is 0 Å². The lowest BCUT2D eigenvalue weighted by molar-refractivity contribution is -0.161. The fourth-order valence-corrected chi connectivity index (χ4v) is 12.0. The van der Waals surface area contributed by atoms with E-state index < -0.39 is 97.5 Å². The molecule has 0 aliphatic carbocycles. The van der Waals surface area contributed by atoms with Crippen LogP contribution < -0.4 is 0 Å². The standard InChI is InChI=1S/C69H134O17P2/c1-7-10-12-14-16-18-19-20-24-27-34-40-46-52-67(72)80-58-65(85-68(73)53-47-41-35-28-25-22-21-23-26-31-37-43-49-61(4)5)60-84-88(77,78)82-56-63(70)55-81-87(75,76)83-59-64(57-79-66(71)51-45-39-33-17-15-13-11-8-2)86-69(74)54-48-42-36-30-29-32-38-44-50-62(6)9-3/h61-65,70H,7-60H2,1-6H3,(H,75,76)(H,77,78)/t62?,63-,64+,65+/m0/s1. The van der Waals surface area contributed by atoms with E-state index in [4.69, 9.17) is 37.0 Å². The summed E-state index contributed by atoms with van der Waals surface area (Å²) in [6.45, 7) is 9.52. The van der Waals surface area contributed by atoms with Gasteiger partial charge in [0.05, 0.1) is 26.4 Å². The molecular formula is C69H134O17P2. The van der Waals surface area contributed by atoms with E-state index in [0.717, 1.165) is 108 Å². The summed E-state index contributed by atoms with van der Waals surface area (Å²) in [5, 5.41) is 10.6. The van der Waals surface area contributed by atoms with Crippen LogP contribution >= 0.6 is 15.6 Å². The Hall–Kier alpha value is -1.94. The number of carbonyl (C=O) groups is 4. The minimum absolute atomic E-state index is 0.105. The quantitative estimate of drug-likeness (QED) is 0.0222. The molecule has 6 atom stereocenters. The van der Waals surface area contributed by atoms with Gasteiger partial charge in [0.15, 0.2) is 12.2 Å². The third-order valence-electron chi connectivity index (χ3n) is 16.3. The highest BCUT2D eigenvalue weighted by Gasteiger charge is 2.30. The Bertz CT molecular complexity index is 1720. The Morgan fingerprint density at radius 2 is 0.580 bits per heavy atom. The maximum atomic E-state index is 13.0. The molecule has 3 unspecified atom stereocenters. The van der Waals surface area contributed by atoms with Crippen molar-refractivity contribution in [3.63, 3.8) is 0 Å². The maximum Gasteiger partial charge on any atom is 0.472 e. The van der Waals surface area contributed by atoms with Crippen LogP contribution in [0.5, 0.6) is 0 Å². The average molecular weight is 1300 g/mol. The Morgan fingerprint density at radius 1 is 0.330 bits per heavy atom. The number of aliphatic hydroxyl groups is 1. The van der Waals surface area contributed by atoms with Crippen LogP contribution in [0.2, 0.25) is 0 Å². The van der Waals surface area contributed by atoms with Crippen LogP contribution in [0.1, 0.15) is 350 Å². The molecule has 0 heterocycles. The van der Waals surface area contributed by atoms with E-state index >= 15 is 0 Å². The molecule has 0 amide bonds. The lowest BCUT2D eigenvalue weighted by Gasteiger charge is -2.21. The fourth-order valence-electron chi connectivity index (χ4n) is 10.4. The van der Waals surface area contributed by atoms with Gasteiger partial charge in [0, 0.05) is 25.7 Å². The van der Waals surface area contributed by atoms with Crippen molar-refractivity contribution < 1.29 is 80.2 Å². The van der Waals surface area contributed by atoms with Gasteiger partial charge in [-0.05, 0) is 37.5 Å². The van der Waals surface area contributed by atoms with Gasteiger partial charge >= 0.3 is 39.5 Å². The second-order valence-electron chi connectivity index (χ2n) is 25.6.